The van der Waals surface area contributed by atoms with Crippen LogP contribution in [0.4, 0.5) is 5.95 Å². The van der Waals surface area contributed by atoms with Gasteiger partial charge >= 0.3 is 5.69 Å². The number of anilines is 1. The molecular formula is C10H14N6O2S. The third-order valence-corrected chi connectivity index (χ3v) is 3.18. The molecule has 3 N–H and O–H groups in total. The Bertz CT molecular complexity index is 635. The average molecular weight is 282 g/mol. The summed E-state index contributed by atoms with van der Waals surface area (Å²) < 4.78 is 6.55. The topological polar surface area (TPSA) is 112 Å². The Kier molecular flexibility index (Phi) is 3.74. The van der Waals surface area contributed by atoms with Crippen molar-refractivity contribution in [3.05, 3.63) is 16.6 Å². The van der Waals surface area contributed by atoms with E-state index in [-0.39, 0.29) is 17.7 Å². The molecular weight excluding hydrogens is 268 g/mol. The zero-order valence-electron chi connectivity index (χ0n) is 10.7. The molecule has 19 heavy (non-hydrogen) atoms. The van der Waals surface area contributed by atoms with Crippen molar-refractivity contribution in [2.75, 3.05) is 12.8 Å². The van der Waals surface area contributed by atoms with Crippen LogP contribution in [-0.2, 0) is 0 Å². The van der Waals surface area contributed by atoms with E-state index in [2.05, 4.69) is 20.2 Å². The van der Waals surface area contributed by atoms with E-state index in [4.69, 9.17) is 10.5 Å². The molecule has 0 radical (unpaired) electrons. The fraction of sp³-hybridized carbons (Fsp3) is 0.400. The second-order valence-electron chi connectivity index (χ2n) is 3.98. The summed E-state index contributed by atoms with van der Waals surface area (Å²) in [6, 6.07) is 1.63. The van der Waals surface area contributed by atoms with Crippen molar-refractivity contribution in [1.29, 1.82) is 0 Å². The summed E-state index contributed by atoms with van der Waals surface area (Å²) in [5.41, 5.74) is 5.32. The predicted octanol–water partition coefficient (Wildman–Crippen LogP) is 0.684. The van der Waals surface area contributed by atoms with Gasteiger partial charge in [0.05, 0.1) is 7.11 Å². The Morgan fingerprint density at radius 3 is 2.84 bits per heavy atom. The van der Waals surface area contributed by atoms with Gasteiger partial charge < -0.3 is 10.5 Å². The predicted molar refractivity (Wildman–Crippen MR) is 70.4 cm³/mol. The summed E-state index contributed by atoms with van der Waals surface area (Å²) in [4.78, 5) is 19.6. The molecule has 0 amide bonds. The van der Waals surface area contributed by atoms with Crippen molar-refractivity contribution in [1.82, 2.24) is 24.7 Å². The van der Waals surface area contributed by atoms with Crippen molar-refractivity contribution in [3.8, 4) is 5.88 Å². The van der Waals surface area contributed by atoms with Crippen molar-refractivity contribution in [2.24, 2.45) is 0 Å². The van der Waals surface area contributed by atoms with Crippen LogP contribution >= 0.6 is 11.8 Å². The van der Waals surface area contributed by atoms with Gasteiger partial charge in [0.1, 0.15) is 5.03 Å². The molecule has 2 aromatic rings. The summed E-state index contributed by atoms with van der Waals surface area (Å²) >= 11 is 1.22. The lowest BCUT2D eigenvalue weighted by atomic mass is 10.4. The molecule has 102 valence electrons. The second kappa shape index (κ2) is 5.31. The Morgan fingerprint density at radius 1 is 1.47 bits per heavy atom. The molecule has 0 unspecified atom stereocenters. The number of H-pyrrole nitrogens is 1. The zero-order chi connectivity index (χ0) is 14.0. The highest BCUT2D eigenvalue weighted by Crippen LogP contribution is 2.27. The third kappa shape index (κ3) is 2.87. The Labute approximate surface area is 113 Å². The molecule has 0 bridgehead atoms. The highest BCUT2D eigenvalue weighted by Gasteiger charge is 2.14. The summed E-state index contributed by atoms with van der Waals surface area (Å²) in [5.74, 6) is 0.472. The summed E-state index contributed by atoms with van der Waals surface area (Å²) in [5, 5.41) is 7.45. The van der Waals surface area contributed by atoms with Gasteiger partial charge in [0, 0.05) is 12.1 Å². The van der Waals surface area contributed by atoms with Crippen LogP contribution in [0.5, 0.6) is 5.88 Å². The number of methoxy groups -OCH3 is 1. The Hall–Kier alpha value is -2.03. The first-order chi connectivity index (χ1) is 9.01. The highest BCUT2D eigenvalue weighted by atomic mass is 32.2. The van der Waals surface area contributed by atoms with E-state index in [1.54, 1.807) is 6.07 Å². The van der Waals surface area contributed by atoms with Gasteiger partial charge in [0.2, 0.25) is 11.8 Å². The minimum absolute atomic E-state index is 0.00479. The first-order valence-corrected chi connectivity index (χ1v) is 6.36. The van der Waals surface area contributed by atoms with Crippen LogP contribution in [0.25, 0.3) is 0 Å². The quantitative estimate of drug-likeness (QED) is 0.793. The lowest BCUT2D eigenvalue weighted by Gasteiger charge is -2.08. The molecule has 2 aromatic heterocycles. The van der Waals surface area contributed by atoms with Crippen LogP contribution in [0.2, 0.25) is 0 Å². The van der Waals surface area contributed by atoms with Crippen LogP contribution in [0.15, 0.2) is 21.0 Å². The number of nitrogens with one attached hydrogen (secondary N) is 1. The molecule has 0 fully saturated rings. The number of ether oxygens (including phenoxy) is 1. The van der Waals surface area contributed by atoms with Crippen LogP contribution in [0.1, 0.15) is 19.9 Å². The minimum atomic E-state index is -0.258. The normalized spacial score (nSPS) is 10.9. The lowest BCUT2D eigenvalue weighted by Crippen LogP contribution is -2.19. The number of rotatable bonds is 4. The number of nitrogens with two attached hydrogens (primary N) is 1. The number of nitrogens with zero attached hydrogens (tertiary/aromatic N) is 4. The summed E-state index contributed by atoms with van der Waals surface area (Å²) in [7, 11) is 1.49. The number of hydrogen-bond acceptors (Lipinski definition) is 7. The molecule has 0 aliphatic carbocycles. The minimum Gasteiger partial charge on any atom is -0.481 e. The van der Waals surface area contributed by atoms with Crippen molar-refractivity contribution >= 4 is 17.7 Å². The van der Waals surface area contributed by atoms with E-state index < -0.39 is 0 Å². The summed E-state index contributed by atoms with van der Waals surface area (Å²) in [6.45, 7) is 3.80. The number of aromatic amines is 1. The molecule has 8 nitrogen and oxygen atoms in total. The van der Waals surface area contributed by atoms with Gasteiger partial charge in [-0.2, -0.15) is 4.98 Å². The molecule has 2 heterocycles. The first-order valence-electron chi connectivity index (χ1n) is 5.54. The van der Waals surface area contributed by atoms with Crippen LogP contribution < -0.4 is 16.2 Å². The van der Waals surface area contributed by atoms with E-state index >= 15 is 0 Å². The molecule has 2 rings (SSSR count). The third-order valence-electron chi connectivity index (χ3n) is 2.29. The van der Waals surface area contributed by atoms with Gasteiger partial charge in [-0.05, 0) is 25.6 Å². The standard InChI is InChI=1S/C10H14N6O2S/c1-5(2)16-9(17)14-15-10(16)19-7-4-6(18-3)12-8(11)13-7/h4-5H,1-3H3,(H,14,17)(H2,11,12,13). The van der Waals surface area contributed by atoms with Gasteiger partial charge in [-0.1, -0.05) is 0 Å². The number of aromatic nitrogens is 5. The molecule has 0 aliphatic rings. The fourth-order valence-electron chi connectivity index (χ4n) is 1.49. The van der Waals surface area contributed by atoms with E-state index in [9.17, 15) is 4.79 Å². The number of hydrogen-bond donors (Lipinski definition) is 2. The Morgan fingerprint density at radius 2 is 2.21 bits per heavy atom. The van der Waals surface area contributed by atoms with E-state index in [0.717, 1.165) is 0 Å². The number of nitrogen functional groups attached to an aromatic ring is 1. The SMILES string of the molecule is COc1cc(Sc2n[nH]c(=O)n2C(C)C)nc(N)n1. The van der Waals surface area contributed by atoms with Crippen molar-refractivity contribution in [3.63, 3.8) is 0 Å². The molecule has 0 atom stereocenters. The maximum Gasteiger partial charge on any atom is 0.344 e. The molecule has 0 aromatic carbocycles. The van der Waals surface area contributed by atoms with E-state index in [0.29, 0.717) is 16.1 Å². The smallest absolute Gasteiger partial charge is 0.344 e. The van der Waals surface area contributed by atoms with Crippen molar-refractivity contribution in [2.45, 2.75) is 30.1 Å². The maximum atomic E-state index is 11.6. The summed E-state index contributed by atoms with van der Waals surface area (Å²) in [6.07, 6.45) is 0. The van der Waals surface area contributed by atoms with Gasteiger partial charge in [-0.3, -0.25) is 4.57 Å². The zero-order valence-corrected chi connectivity index (χ0v) is 11.6. The van der Waals surface area contributed by atoms with Crippen LogP contribution in [0.3, 0.4) is 0 Å². The van der Waals surface area contributed by atoms with Crippen LogP contribution in [-0.4, -0.2) is 31.8 Å². The second-order valence-corrected chi connectivity index (χ2v) is 4.97. The van der Waals surface area contributed by atoms with Crippen LogP contribution in [0, 0.1) is 0 Å². The first kappa shape index (κ1) is 13.4. The Balaban J connectivity index is 2.36. The van der Waals surface area contributed by atoms with Gasteiger partial charge in [0.15, 0.2) is 5.16 Å². The average Bonchev–Trinajstić information content (AvgIpc) is 2.69. The largest absolute Gasteiger partial charge is 0.481 e. The lowest BCUT2D eigenvalue weighted by molar-refractivity contribution is 0.396. The van der Waals surface area contributed by atoms with Crippen molar-refractivity contribution < 1.29 is 4.74 Å². The molecule has 0 spiro atoms. The molecule has 9 heteroatoms. The monoisotopic (exact) mass is 282 g/mol. The van der Waals surface area contributed by atoms with Gasteiger partial charge in [-0.25, -0.2) is 14.9 Å². The van der Waals surface area contributed by atoms with E-state index in [1.165, 1.54) is 23.4 Å². The molecule has 0 saturated carbocycles. The van der Waals surface area contributed by atoms with Gasteiger partial charge in [-0.15, -0.1) is 5.10 Å². The van der Waals surface area contributed by atoms with E-state index in [1.807, 2.05) is 13.8 Å². The fourth-order valence-corrected chi connectivity index (χ4v) is 2.46. The molecule has 0 aliphatic heterocycles. The maximum absolute atomic E-state index is 11.6. The van der Waals surface area contributed by atoms with Gasteiger partial charge in [0.25, 0.3) is 0 Å². The highest BCUT2D eigenvalue weighted by molar-refractivity contribution is 7.99. The molecule has 0 saturated heterocycles.